The molecule has 0 bridgehead atoms. The zero-order chi connectivity index (χ0) is 20.2. The van der Waals surface area contributed by atoms with Gasteiger partial charge in [0.15, 0.2) is 5.82 Å². The molecule has 7 heteroatoms. The molecule has 0 saturated carbocycles. The molecule has 1 atom stereocenters. The first-order chi connectivity index (χ1) is 14.1. The molecule has 29 heavy (non-hydrogen) atoms. The smallest absolute Gasteiger partial charge is 0.174 e. The predicted octanol–water partition coefficient (Wildman–Crippen LogP) is 3.07. The largest absolute Gasteiger partial charge is 0.379 e. The molecule has 1 saturated heterocycles. The van der Waals surface area contributed by atoms with E-state index < -0.39 is 0 Å². The Morgan fingerprint density at radius 3 is 2.52 bits per heavy atom. The lowest BCUT2D eigenvalue weighted by Gasteiger charge is -2.35. The molecule has 1 fully saturated rings. The fraction of sp³-hybridized carbons (Fsp3) is 0.409. The SMILES string of the molecule is Cc1ccc(C(CNc2cncc(-n3nc(C)cc3C)n2)N2CCOCC2)cc1. The zero-order valence-electron chi connectivity index (χ0n) is 17.3. The minimum Gasteiger partial charge on any atom is -0.379 e. The number of nitrogens with one attached hydrogen (secondary N) is 1. The van der Waals surface area contributed by atoms with Gasteiger partial charge in [-0.15, -0.1) is 0 Å². The summed E-state index contributed by atoms with van der Waals surface area (Å²) in [4.78, 5) is 11.6. The Balaban J connectivity index is 1.53. The van der Waals surface area contributed by atoms with Crippen LogP contribution in [0.5, 0.6) is 0 Å². The average Bonchev–Trinajstić information content (AvgIpc) is 3.08. The Morgan fingerprint density at radius 2 is 1.83 bits per heavy atom. The van der Waals surface area contributed by atoms with Gasteiger partial charge >= 0.3 is 0 Å². The lowest BCUT2D eigenvalue weighted by Crippen LogP contribution is -2.41. The number of aryl methyl sites for hydroxylation is 3. The predicted molar refractivity (Wildman–Crippen MR) is 113 cm³/mol. The number of ether oxygens (including phenoxy) is 1. The summed E-state index contributed by atoms with van der Waals surface area (Å²) in [7, 11) is 0. The lowest BCUT2D eigenvalue weighted by atomic mass is 10.0. The van der Waals surface area contributed by atoms with E-state index in [1.807, 2.05) is 24.6 Å². The van der Waals surface area contributed by atoms with E-state index in [-0.39, 0.29) is 6.04 Å². The number of nitrogens with zero attached hydrogens (tertiary/aromatic N) is 5. The quantitative estimate of drug-likeness (QED) is 0.695. The van der Waals surface area contributed by atoms with Gasteiger partial charge in [0.2, 0.25) is 0 Å². The van der Waals surface area contributed by atoms with Crippen molar-refractivity contribution in [3.8, 4) is 5.82 Å². The van der Waals surface area contributed by atoms with Gasteiger partial charge in [0.1, 0.15) is 5.82 Å². The van der Waals surface area contributed by atoms with Crippen LogP contribution in [0.1, 0.15) is 28.6 Å². The van der Waals surface area contributed by atoms with Gasteiger partial charge in [-0.1, -0.05) is 29.8 Å². The van der Waals surface area contributed by atoms with Crippen molar-refractivity contribution >= 4 is 5.82 Å². The molecule has 3 aromatic rings. The van der Waals surface area contributed by atoms with Crippen LogP contribution < -0.4 is 5.32 Å². The number of hydrogen-bond donors (Lipinski definition) is 1. The average molecular weight is 393 g/mol. The molecule has 0 amide bonds. The van der Waals surface area contributed by atoms with Crippen LogP contribution in [0.3, 0.4) is 0 Å². The first kappa shape index (κ1) is 19.5. The summed E-state index contributed by atoms with van der Waals surface area (Å²) in [6, 6.07) is 11.1. The van der Waals surface area contributed by atoms with E-state index in [0.717, 1.165) is 55.9 Å². The van der Waals surface area contributed by atoms with Crippen molar-refractivity contribution in [1.29, 1.82) is 0 Å². The second-order valence-corrected chi connectivity index (χ2v) is 7.56. The summed E-state index contributed by atoms with van der Waals surface area (Å²) in [5, 5.41) is 8.00. The Morgan fingerprint density at radius 1 is 1.07 bits per heavy atom. The summed E-state index contributed by atoms with van der Waals surface area (Å²) < 4.78 is 7.38. The van der Waals surface area contributed by atoms with Crippen molar-refractivity contribution < 1.29 is 4.74 Å². The minimum atomic E-state index is 0.249. The third-order valence-electron chi connectivity index (χ3n) is 5.27. The number of anilines is 1. The van der Waals surface area contributed by atoms with Crippen molar-refractivity contribution in [2.75, 3.05) is 38.2 Å². The Hall–Kier alpha value is -2.77. The summed E-state index contributed by atoms with van der Waals surface area (Å²) >= 11 is 0. The van der Waals surface area contributed by atoms with Gasteiger partial charge < -0.3 is 10.1 Å². The van der Waals surface area contributed by atoms with Gasteiger partial charge in [0, 0.05) is 25.3 Å². The van der Waals surface area contributed by atoms with Gasteiger partial charge in [-0.3, -0.25) is 9.88 Å². The van der Waals surface area contributed by atoms with Crippen LogP contribution in [-0.4, -0.2) is 57.5 Å². The minimum absolute atomic E-state index is 0.249. The molecule has 1 N–H and O–H groups in total. The third-order valence-corrected chi connectivity index (χ3v) is 5.27. The zero-order valence-corrected chi connectivity index (χ0v) is 17.3. The molecule has 0 aliphatic carbocycles. The molecule has 1 aliphatic heterocycles. The number of morpholine rings is 1. The second-order valence-electron chi connectivity index (χ2n) is 7.56. The van der Waals surface area contributed by atoms with E-state index in [0.29, 0.717) is 0 Å². The van der Waals surface area contributed by atoms with E-state index in [2.05, 4.69) is 51.5 Å². The van der Waals surface area contributed by atoms with Crippen molar-refractivity contribution in [3.05, 3.63) is 65.2 Å². The van der Waals surface area contributed by atoms with Gasteiger partial charge in [-0.2, -0.15) is 5.10 Å². The molecule has 0 radical (unpaired) electrons. The van der Waals surface area contributed by atoms with E-state index in [1.54, 1.807) is 12.4 Å². The molecule has 1 aliphatic rings. The van der Waals surface area contributed by atoms with Crippen LogP contribution in [0, 0.1) is 20.8 Å². The van der Waals surface area contributed by atoms with E-state index in [4.69, 9.17) is 9.72 Å². The fourth-order valence-corrected chi connectivity index (χ4v) is 3.74. The molecular formula is C22H28N6O. The molecule has 0 spiro atoms. The highest BCUT2D eigenvalue weighted by Crippen LogP contribution is 2.23. The van der Waals surface area contributed by atoms with Crippen LogP contribution in [0.2, 0.25) is 0 Å². The highest BCUT2D eigenvalue weighted by Gasteiger charge is 2.22. The van der Waals surface area contributed by atoms with E-state index >= 15 is 0 Å². The van der Waals surface area contributed by atoms with Gasteiger partial charge in [0.25, 0.3) is 0 Å². The first-order valence-electron chi connectivity index (χ1n) is 10.1. The van der Waals surface area contributed by atoms with Crippen LogP contribution in [0.15, 0.2) is 42.7 Å². The van der Waals surface area contributed by atoms with Gasteiger partial charge in [0.05, 0.1) is 37.3 Å². The van der Waals surface area contributed by atoms with Crippen LogP contribution in [-0.2, 0) is 4.74 Å². The topological polar surface area (TPSA) is 68.1 Å². The molecule has 4 rings (SSSR count). The molecular weight excluding hydrogens is 364 g/mol. The maximum atomic E-state index is 5.55. The first-order valence-corrected chi connectivity index (χ1v) is 10.1. The third kappa shape index (κ3) is 4.63. The van der Waals surface area contributed by atoms with Gasteiger partial charge in [-0.05, 0) is 32.4 Å². The Kier molecular flexibility index (Phi) is 5.87. The summed E-state index contributed by atoms with van der Waals surface area (Å²) in [6.07, 6.45) is 3.50. The molecule has 1 unspecified atom stereocenters. The Bertz CT molecular complexity index is 946. The van der Waals surface area contributed by atoms with Crippen LogP contribution in [0.25, 0.3) is 5.82 Å². The monoisotopic (exact) mass is 392 g/mol. The molecule has 2 aromatic heterocycles. The fourth-order valence-electron chi connectivity index (χ4n) is 3.74. The van der Waals surface area contributed by atoms with E-state index in [9.17, 15) is 0 Å². The molecule has 152 valence electrons. The van der Waals surface area contributed by atoms with Crippen LogP contribution in [0.4, 0.5) is 5.82 Å². The highest BCUT2D eigenvalue weighted by atomic mass is 16.5. The normalized spacial score (nSPS) is 16.0. The van der Waals surface area contributed by atoms with Crippen molar-refractivity contribution in [3.63, 3.8) is 0 Å². The second kappa shape index (κ2) is 8.71. The number of rotatable bonds is 6. The highest BCUT2D eigenvalue weighted by molar-refractivity contribution is 5.37. The standard InChI is InChI=1S/C22H28N6O/c1-16-4-6-19(7-5-16)20(27-8-10-29-11-9-27)13-24-21-14-23-15-22(25-21)28-18(3)12-17(2)26-28/h4-7,12,14-15,20H,8-11,13H2,1-3H3,(H,24,25). The van der Waals surface area contributed by atoms with Crippen LogP contribution >= 0.6 is 0 Å². The molecule has 3 heterocycles. The summed E-state index contributed by atoms with van der Waals surface area (Å²) in [5.41, 5.74) is 4.58. The number of benzene rings is 1. The lowest BCUT2D eigenvalue weighted by molar-refractivity contribution is 0.0187. The number of aromatic nitrogens is 4. The van der Waals surface area contributed by atoms with Crippen molar-refractivity contribution in [2.45, 2.75) is 26.8 Å². The number of hydrogen-bond acceptors (Lipinski definition) is 6. The summed E-state index contributed by atoms with van der Waals surface area (Å²) in [5.74, 6) is 1.47. The maximum absolute atomic E-state index is 5.55. The molecule has 7 nitrogen and oxygen atoms in total. The van der Waals surface area contributed by atoms with E-state index in [1.165, 1.54) is 11.1 Å². The molecule has 1 aromatic carbocycles. The van der Waals surface area contributed by atoms with Crippen molar-refractivity contribution in [1.82, 2.24) is 24.6 Å². The van der Waals surface area contributed by atoms with Gasteiger partial charge in [-0.25, -0.2) is 9.67 Å². The maximum Gasteiger partial charge on any atom is 0.174 e. The van der Waals surface area contributed by atoms with Crippen molar-refractivity contribution in [2.24, 2.45) is 0 Å². The summed E-state index contributed by atoms with van der Waals surface area (Å²) in [6.45, 7) is 10.3. The Labute approximate surface area is 171 Å².